The maximum Gasteiger partial charge on any atom is 0.138 e. The van der Waals surface area contributed by atoms with Crippen LogP contribution in [0.4, 0.5) is 11.4 Å². The molecule has 3 saturated carbocycles. The number of hydrogen-bond donors (Lipinski definition) is 2. The molecule has 2 aromatic carbocycles. The van der Waals surface area contributed by atoms with E-state index in [4.69, 9.17) is 0 Å². The van der Waals surface area contributed by atoms with E-state index in [-0.39, 0.29) is 45.3 Å². The van der Waals surface area contributed by atoms with Crippen LogP contribution >= 0.6 is 0 Å². The number of carbonyl (C=O) groups is 2. The molecule has 0 radical (unpaired) electrons. The summed E-state index contributed by atoms with van der Waals surface area (Å²) in [6.07, 6.45) is 5.39. The molecule has 4 aliphatic heterocycles. The summed E-state index contributed by atoms with van der Waals surface area (Å²) >= 11 is 0. The van der Waals surface area contributed by atoms with Crippen LogP contribution in [0.25, 0.3) is 10.9 Å². The molecule has 1 aromatic heterocycles. The van der Waals surface area contributed by atoms with Crippen molar-refractivity contribution in [1.82, 2.24) is 15.2 Å². The van der Waals surface area contributed by atoms with Gasteiger partial charge in [0.05, 0.1) is 22.8 Å². The van der Waals surface area contributed by atoms with E-state index in [0.717, 1.165) is 25.7 Å². The maximum absolute atomic E-state index is 14.0. The number of aromatic amines is 1. The first kappa shape index (κ1) is 27.0. The number of fused-ring (bicyclic) bond motifs is 9. The van der Waals surface area contributed by atoms with E-state index in [1.165, 1.54) is 39.1 Å². The zero-order valence-corrected chi connectivity index (χ0v) is 28.0. The Kier molecular flexibility index (Phi) is 4.51. The predicted molar refractivity (Wildman–Crippen MR) is 179 cm³/mol. The molecule has 3 aromatic rings. The van der Waals surface area contributed by atoms with E-state index in [9.17, 15) is 9.59 Å². The van der Waals surface area contributed by atoms with Crippen molar-refractivity contribution < 1.29 is 9.59 Å². The molecule has 6 fully saturated rings. The average molecular weight is 615 g/mol. The highest BCUT2D eigenvalue weighted by molar-refractivity contribution is 6.00. The van der Waals surface area contributed by atoms with Gasteiger partial charge in [0.25, 0.3) is 0 Å². The van der Waals surface area contributed by atoms with Gasteiger partial charge in [0.2, 0.25) is 0 Å². The zero-order valence-electron chi connectivity index (χ0n) is 28.0. The SMILES string of the molecule is CC1(C)N[C@@H]2Cc3[nH]c4c(N5c6ccccc6[C@@H]6N7[C@@H]8C[C@@]65[C@]5(C)CC(=O)[C@@H](C[C@H]85)C7(C)C)cccc4c3[C@]3(C)CC(=O)[C@H]1C[C@H]23. The van der Waals surface area contributed by atoms with Gasteiger partial charge in [-0.05, 0) is 82.1 Å². The third kappa shape index (κ3) is 2.60. The molecule has 5 heterocycles. The van der Waals surface area contributed by atoms with Crippen LogP contribution in [0.2, 0.25) is 0 Å². The van der Waals surface area contributed by atoms with Gasteiger partial charge in [-0.25, -0.2) is 0 Å². The van der Waals surface area contributed by atoms with Crippen molar-refractivity contribution in [2.24, 2.45) is 29.1 Å². The summed E-state index contributed by atoms with van der Waals surface area (Å²) in [6, 6.07) is 17.2. The number of hydrogen-bond acceptors (Lipinski definition) is 5. The number of H-pyrrole nitrogens is 1. The average Bonchev–Trinajstić information content (AvgIpc) is 3.69. The predicted octanol–water partition coefficient (Wildman–Crippen LogP) is 6.74. The molecule has 3 saturated heterocycles. The first-order valence-corrected chi connectivity index (χ1v) is 18.0. The van der Waals surface area contributed by atoms with Crippen LogP contribution in [0.3, 0.4) is 0 Å². The third-order valence-electron chi connectivity index (χ3n) is 16.0. The molecule has 46 heavy (non-hydrogen) atoms. The van der Waals surface area contributed by atoms with Crippen molar-refractivity contribution in [2.45, 2.75) is 120 Å². The minimum atomic E-state index is -0.193. The number of nitrogens with zero attached hydrogens (tertiary/aromatic N) is 2. The molecule has 4 aliphatic carbocycles. The van der Waals surface area contributed by atoms with Gasteiger partial charge < -0.3 is 15.2 Å². The Morgan fingerprint density at radius 1 is 0.826 bits per heavy atom. The zero-order chi connectivity index (χ0) is 31.5. The van der Waals surface area contributed by atoms with Gasteiger partial charge in [-0.1, -0.05) is 44.2 Å². The minimum Gasteiger partial charge on any atom is -0.356 e. The Labute approximate surface area is 271 Å². The van der Waals surface area contributed by atoms with Gasteiger partial charge in [-0.15, -0.1) is 0 Å². The van der Waals surface area contributed by atoms with Crippen molar-refractivity contribution in [1.29, 1.82) is 0 Å². The molecular formula is C40H46N4O2. The molecule has 1 spiro atoms. The number of Topliss-reactive ketones (excluding diaryl/α,β-unsaturated/α-hetero) is 2. The van der Waals surface area contributed by atoms with E-state index in [1.54, 1.807) is 0 Å². The first-order valence-electron chi connectivity index (χ1n) is 18.0. The Morgan fingerprint density at radius 2 is 1.57 bits per heavy atom. The second kappa shape index (κ2) is 7.68. The van der Waals surface area contributed by atoms with Crippen LogP contribution in [0.5, 0.6) is 0 Å². The number of anilines is 2. The molecule has 0 unspecified atom stereocenters. The van der Waals surface area contributed by atoms with Crippen LogP contribution in [-0.2, 0) is 21.4 Å². The number of piperidine rings is 3. The molecule has 2 N–H and O–H groups in total. The Hall–Kier alpha value is -2.96. The van der Waals surface area contributed by atoms with Crippen molar-refractivity contribution in [3.63, 3.8) is 0 Å². The van der Waals surface area contributed by atoms with E-state index >= 15 is 0 Å². The van der Waals surface area contributed by atoms with Gasteiger partial charge in [0.15, 0.2) is 0 Å². The van der Waals surface area contributed by atoms with Crippen LogP contribution < -0.4 is 10.2 Å². The molecular weight excluding hydrogens is 568 g/mol. The standard InChI is InChI=1S/C40H46N4O2/c1-36(2)24-14-22-26(42-36)16-27-33(38(22,5)18-31(24)45)21-11-9-13-29(34(21)41-27)43-28-12-8-7-10-20(28)35-40(43)17-30-23-15-25(37(3,4)44(30)35)32(46)19-39(23,40)6/h7-13,22-26,30,35,41-42H,14-19H2,1-6H3/t22-,23-,24-,25-,26-,30-,35+,38-,39-,40+/m1/s1. The van der Waals surface area contributed by atoms with Gasteiger partial charge in [-0.2, -0.15) is 0 Å². The van der Waals surface area contributed by atoms with E-state index in [0.29, 0.717) is 48.3 Å². The maximum atomic E-state index is 14.0. The van der Waals surface area contributed by atoms with Crippen LogP contribution in [0.1, 0.15) is 96.5 Å². The largest absolute Gasteiger partial charge is 0.356 e. The third-order valence-corrected chi connectivity index (χ3v) is 16.0. The summed E-state index contributed by atoms with van der Waals surface area (Å²) in [5.74, 6) is 2.10. The normalized spacial score (nSPS) is 44.9. The quantitative estimate of drug-likeness (QED) is 0.318. The van der Waals surface area contributed by atoms with Crippen molar-refractivity contribution >= 4 is 33.8 Å². The number of rotatable bonds is 1. The van der Waals surface area contributed by atoms with Crippen LogP contribution in [-0.4, -0.2) is 50.2 Å². The molecule has 11 rings (SSSR count). The summed E-state index contributed by atoms with van der Waals surface area (Å²) in [6.45, 7) is 14.1. The summed E-state index contributed by atoms with van der Waals surface area (Å²) in [4.78, 5) is 37.5. The smallest absolute Gasteiger partial charge is 0.138 e. The van der Waals surface area contributed by atoms with Gasteiger partial charge in [0, 0.05) is 81.9 Å². The number of benzene rings is 2. The molecule has 6 bridgehead atoms. The lowest BCUT2D eigenvalue weighted by atomic mass is 9.50. The van der Waals surface area contributed by atoms with Crippen molar-refractivity contribution in [3.8, 4) is 0 Å². The highest BCUT2D eigenvalue weighted by atomic mass is 16.1. The van der Waals surface area contributed by atoms with Gasteiger partial charge >= 0.3 is 0 Å². The number of aromatic nitrogens is 1. The van der Waals surface area contributed by atoms with Crippen LogP contribution in [0.15, 0.2) is 42.5 Å². The van der Waals surface area contributed by atoms with Crippen molar-refractivity contribution in [3.05, 3.63) is 59.3 Å². The van der Waals surface area contributed by atoms with E-state index < -0.39 is 0 Å². The number of para-hydroxylation sites is 2. The summed E-state index contributed by atoms with van der Waals surface area (Å²) in [7, 11) is 0. The molecule has 0 amide bonds. The Bertz CT molecular complexity index is 1960. The lowest BCUT2D eigenvalue weighted by Crippen LogP contribution is -2.73. The molecule has 6 nitrogen and oxygen atoms in total. The lowest BCUT2D eigenvalue weighted by Gasteiger charge is -2.66. The molecule has 6 heteroatoms. The van der Waals surface area contributed by atoms with Gasteiger partial charge in [0.1, 0.15) is 11.6 Å². The fraction of sp³-hybridized carbons (Fsp3) is 0.600. The number of carbonyl (C=O) groups excluding carboxylic acids is 2. The Morgan fingerprint density at radius 3 is 2.39 bits per heavy atom. The molecule has 8 aliphatic rings. The highest BCUT2D eigenvalue weighted by Crippen LogP contribution is 2.79. The minimum absolute atomic E-state index is 0.0937. The summed E-state index contributed by atoms with van der Waals surface area (Å²) < 4.78 is 0. The monoisotopic (exact) mass is 614 g/mol. The number of nitrogens with one attached hydrogen (secondary N) is 2. The molecule has 10 atom stereocenters. The fourth-order valence-corrected chi connectivity index (χ4v) is 14.3. The topological polar surface area (TPSA) is 68.4 Å². The highest BCUT2D eigenvalue weighted by Gasteiger charge is 2.82. The van der Waals surface area contributed by atoms with E-state index in [1.807, 2.05) is 0 Å². The second-order valence-corrected chi connectivity index (χ2v) is 18.3. The molecule has 238 valence electrons. The fourth-order valence-electron chi connectivity index (χ4n) is 14.3. The second-order valence-electron chi connectivity index (χ2n) is 18.3. The van der Waals surface area contributed by atoms with Crippen LogP contribution in [0, 0.1) is 29.1 Å². The van der Waals surface area contributed by atoms with Crippen molar-refractivity contribution in [2.75, 3.05) is 4.90 Å². The first-order chi connectivity index (χ1) is 21.8. The summed E-state index contributed by atoms with van der Waals surface area (Å²) in [5, 5.41) is 5.26. The number of ketones is 2. The lowest BCUT2D eigenvalue weighted by molar-refractivity contribution is -0.176. The Balaban J connectivity index is 1.16. The van der Waals surface area contributed by atoms with Gasteiger partial charge in [-0.3, -0.25) is 14.5 Å². The van der Waals surface area contributed by atoms with E-state index in [2.05, 4.69) is 104 Å². The summed E-state index contributed by atoms with van der Waals surface area (Å²) in [5.41, 5.74) is 7.08.